The first-order valence-corrected chi connectivity index (χ1v) is 26.6. The quantitative estimate of drug-likeness (QED) is 0.109. The van der Waals surface area contributed by atoms with Crippen LogP contribution in [-0.4, -0.2) is 128 Å². The fourth-order valence-corrected chi connectivity index (χ4v) is 11.4. The molecule has 6 atom stereocenters. The van der Waals surface area contributed by atoms with Crippen molar-refractivity contribution in [3.63, 3.8) is 0 Å². The number of benzene rings is 2. The van der Waals surface area contributed by atoms with Gasteiger partial charge in [-0.05, 0) is 60.4 Å². The Kier molecular flexibility index (Phi) is 14.2. The Hall–Kier alpha value is -9.02. The number of hydrogen-bond acceptors (Lipinski definition) is 17. The van der Waals surface area contributed by atoms with Crippen molar-refractivity contribution in [1.29, 1.82) is 10.5 Å². The van der Waals surface area contributed by atoms with Gasteiger partial charge >= 0.3 is 5.97 Å². The highest BCUT2D eigenvalue weighted by molar-refractivity contribution is 5.96. The van der Waals surface area contributed by atoms with Crippen LogP contribution in [-0.2, 0) is 9.47 Å². The van der Waals surface area contributed by atoms with Crippen LogP contribution in [0.5, 0.6) is 11.5 Å². The summed E-state index contributed by atoms with van der Waals surface area (Å²) in [5.74, 6) is 2.52. The fraction of sp³-hybridized carbons (Fsp3) is 0.333. The van der Waals surface area contributed by atoms with Crippen molar-refractivity contribution < 1.29 is 51.3 Å². The van der Waals surface area contributed by atoms with E-state index in [4.69, 9.17) is 33.5 Å². The summed E-state index contributed by atoms with van der Waals surface area (Å²) in [6.07, 6.45) is 5.45. The average Bonchev–Trinajstić information content (AvgIpc) is 4.29. The highest BCUT2D eigenvalue weighted by Crippen LogP contribution is 2.45. The number of methoxy groups -OCH3 is 2. The van der Waals surface area contributed by atoms with Gasteiger partial charge in [-0.25, -0.2) is 18.6 Å². The second-order valence-corrected chi connectivity index (χ2v) is 20.9. The van der Waals surface area contributed by atoms with Crippen molar-refractivity contribution in [2.45, 2.75) is 37.3 Å². The molecule has 412 valence electrons. The number of nitrogens with one attached hydrogen (secondary N) is 1. The third kappa shape index (κ3) is 10.3. The predicted octanol–water partition coefficient (Wildman–Crippen LogP) is 8.63. The number of alkyl halides is 2. The maximum atomic E-state index is 13.8. The highest BCUT2D eigenvalue weighted by atomic mass is 19.1. The average molecular weight is 1100 g/mol. The van der Waals surface area contributed by atoms with E-state index < -0.39 is 18.3 Å². The van der Waals surface area contributed by atoms with Crippen LogP contribution in [0, 0.1) is 46.3 Å². The zero-order valence-corrected chi connectivity index (χ0v) is 44.1. The number of carbonyl (C=O) groups excluding carboxylic acids is 1. The molecule has 2 aromatic carbocycles. The number of nitrogens with zero attached hydrogens (tertiary/aromatic N) is 8. The summed E-state index contributed by atoms with van der Waals surface area (Å²) in [4.78, 5) is 45.1. The summed E-state index contributed by atoms with van der Waals surface area (Å²) in [6, 6.07) is 26.3. The van der Waals surface area contributed by atoms with E-state index in [0.717, 1.165) is 53.0 Å². The standard InChI is InChI=1S/C30H26FN5O4.C25H19FN4O4.C5H9NO/c1-38-26-10-24(30(37)35-28-21-14-39-15-22(21)28)34-12-20(26)27-9-23-29(40-27)19(4-6-33-23)16-2-3-25(17(8-16)11-32)36-7-5-18(31)13-36;1-33-22-10-20(25(31)32)29-12-18(22)23-9-19-24(34-23)17(4-6-28-19)14-2-3-21(15(8-14)11-27)30-7-5-16(26)13-30;6-5-3-1-7-2-4(3)5/h2-4,6,8-10,12,18,21-22,28H,5,7,13-15H2,1H3,(H,35,37);2-4,6,8-10,12,16H,5,7,13H2,1H3,(H,31,32);3-5H,1-2,6H2. The Morgan fingerprint density at radius 2 is 1.12 bits per heavy atom. The molecule has 1 amide bonds. The molecule has 0 spiro atoms. The Morgan fingerprint density at radius 1 is 0.654 bits per heavy atom. The Morgan fingerprint density at radius 3 is 1.54 bits per heavy atom. The Bertz CT molecular complexity index is 3820. The lowest BCUT2D eigenvalue weighted by atomic mass is 10.0. The monoisotopic (exact) mass is 1100 g/mol. The number of anilines is 2. The number of hydrogen-bond donors (Lipinski definition) is 3. The number of ether oxygens (including phenoxy) is 4. The van der Waals surface area contributed by atoms with Gasteiger partial charge in [0.1, 0.15) is 64.2 Å². The molecule has 14 rings (SSSR count). The smallest absolute Gasteiger partial charge is 0.354 e. The number of halogens is 2. The maximum Gasteiger partial charge on any atom is 0.354 e. The van der Waals surface area contributed by atoms with E-state index >= 15 is 0 Å². The van der Waals surface area contributed by atoms with Gasteiger partial charge in [0.15, 0.2) is 16.9 Å². The first-order valence-electron chi connectivity index (χ1n) is 26.6. The number of pyridine rings is 4. The van der Waals surface area contributed by atoms with E-state index in [1.54, 1.807) is 55.0 Å². The van der Waals surface area contributed by atoms with Crippen molar-refractivity contribution in [1.82, 2.24) is 25.3 Å². The molecule has 4 N–H and O–H groups in total. The number of amides is 1. The number of carbonyl (C=O) groups is 2. The number of rotatable bonds is 11. The molecule has 6 fully saturated rings. The van der Waals surface area contributed by atoms with E-state index in [9.17, 15) is 34.0 Å². The number of carboxylic acid groups (broad SMARTS) is 1. The van der Waals surface area contributed by atoms with E-state index in [0.29, 0.717) is 137 Å². The molecule has 6 aromatic heterocycles. The molecule has 4 aliphatic heterocycles. The molecule has 2 saturated carbocycles. The molecule has 19 nitrogen and oxygen atoms in total. The summed E-state index contributed by atoms with van der Waals surface area (Å²) >= 11 is 0. The van der Waals surface area contributed by atoms with E-state index in [1.165, 1.54) is 26.5 Å². The number of furan rings is 2. The normalized spacial score (nSPS) is 22.9. The summed E-state index contributed by atoms with van der Waals surface area (Å²) in [5.41, 5.74) is 14.5. The van der Waals surface area contributed by atoms with Crippen LogP contribution < -0.4 is 30.3 Å². The molecule has 2 aliphatic carbocycles. The molecule has 21 heteroatoms. The molecule has 6 unspecified atom stereocenters. The molecule has 8 aromatic rings. The first kappa shape index (κ1) is 52.7. The lowest BCUT2D eigenvalue weighted by Crippen LogP contribution is -2.30. The Labute approximate surface area is 462 Å². The van der Waals surface area contributed by atoms with E-state index in [1.807, 2.05) is 40.1 Å². The molecule has 6 aliphatic rings. The molecular weight excluding hydrogens is 1040 g/mol. The van der Waals surface area contributed by atoms with Gasteiger partial charge in [0.25, 0.3) is 5.91 Å². The summed E-state index contributed by atoms with van der Waals surface area (Å²) in [7, 11) is 2.97. The van der Waals surface area contributed by atoms with Gasteiger partial charge in [0.2, 0.25) is 0 Å². The van der Waals surface area contributed by atoms with Crippen LogP contribution in [0.25, 0.3) is 67.1 Å². The summed E-state index contributed by atoms with van der Waals surface area (Å²) < 4.78 is 61.3. The number of nitriles is 2. The van der Waals surface area contributed by atoms with Crippen LogP contribution in [0.1, 0.15) is 44.9 Å². The van der Waals surface area contributed by atoms with Crippen LogP contribution in [0.15, 0.2) is 106 Å². The highest BCUT2D eigenvalue weighted by Gasteiger charge is 2.55. The van der Waals surface area contributed by atoms with Gasteiger partial charge in [0, 0.05) is 122 Å². The van der Waals surface area contributed by atoms with Gasteiger partial charge in [-0.2, -0.15) is 10.5 Å². The minimum atomic E-state index is -1.16. The van der Waals surface area contributed by atoms with Crippen LogP contribution >= 0.6 is 0 Å². The van der Waals surface area contributed by atoms with Crippen molar-refractivity contribution in [2.24, 2.45) is 29.4 Å². The second kappa shape index (κ2) is 21.9. The number of fused-ring (bicyclic) bond motifs is 4. The maximum absolute atomic E-state index is 13.8. The largest absolute Gasteiger partial charge is 0.496 e. The molecule has 0 bridgehead atoms. The van der Waals surface area contributed by atoms with Crippen molar-refractivity contribution in [2.75, 3.05) is 76.6 Å². The number of nitrogens with two attached hydrogens (primary N) is 1. The number of aromatic carboxylic acids is 1. The fourth-order valence-electron chi connectivity index (χ4n) is 11.4. The van der Waals surface area contributed by atoms with Gasteiger partial charge in [-0.1, -0.05) is 12.1 Å². The second-order valence-electron chi connectivity index (χ2n) is 20.9. The first-order chi connectivity index (χ1) is 39.4. The van der Waals surface area contributed by atoms with Gasteiger partial charge in [-0.3, -0.25) is 19.7 Å². The van der Waals surface area contributed by atoms with Crippen molar-refractivity contribution in [3.05, 3.63) is 120 Å². The molecule has 81 heavy (non-hydrogen) atoms. The molecule has 4 saturated heterocycles. The lowest BCUT2D eigenvalue weighted by Gasteiger charge is -2.19. The third-order valence-corrected chi connectivity index (χ3v) is 16.0. The SMILES string of the molecule is COc1cc(C(=O)NC2C3COCC32)ncc1-c1cc2nccc(-c3ccc(N4CCC(F)C4)c(C#N)c3)c2o1.COc1cc(C(=O)O)ncc1-c1cc2nccc(-c3ccc(N4CCC(F)C4)c(C#N)c3)c2o1.NC1C2COCC12. The topological polar surface area (TPSA) is 261 Å². The third-order valence-electron chi connectivity index (χ3n) is 16.0. The molecule has 10 heterocycles. The zero-order chi connectivity index (χ0) is 56.1. The summed E-state index contributed by atoms with van der Waals surface area (Å²) in [5, 5.41) is 31.8. The van der Waals surface area contributed by atoms with Gasteiger partial charge in [0.05, 0.1) is 74.3 Å². The molecule has 0 radical (unpaired) electrons. The Balaban J connectivity index is 0.000000144. The number of aromatic nitrogens is 4. The minimum Gasteiger partial charge on any atom is -0.496 e. The van der Waals surface area contributed by atoms with Gasteiger partial charge < -0.3 is 53.7 Å². The van der Waals surface area contributed by atoms with Crippen molar-refractivity contribution in [3.8, 4) is 68.5 Å². The zero-order valence-electron chi connectivity index (χ0n) is 44.1. The van der Waals surface area contributed by atoms with E-state index in [2.05, 4.69) is 37.4 Å². The van der Waals surface area contributed by atoms with Crippen LogP contribution in [0.3, 0.4) is 0 Å². The van der Waals surface area contributed by atoms with Crippen LogP contribution in [0.4, 0.5) is 20.2 Å². The van der Waals surface area contributed by atoms with E-state index in [-0.39, 0.29) is 29.9 Å². The minimum absolute atomic E-state index is 0.139. The number of carboxylic acids is 1. The van der Waals surface area contributed by atoms with Gasteiger partial charge in [-0.15, -0.1) is 0 Å². The van der Waals surface area contributed by atoms with Crippen molar-refractivity contribution >= 4 is 45.5 Å². The molecular formula is C60H54F2N10O9. The summed E-state index contributed by atoms with van der Waals surface area (Å²) in [6.45, 7) is 4.96. The lowest BCUT2D eigenvalue weighted by molar-refractivity contribution is 0.0689. The van der Waals surface area contributed by atoms with Crippen LogP contribution in [0.2, 0.25) is 0 Å². The predicted molar refractivity (Wildman–Crippen MR) is 293 cm³/mol.